The van der Waals surface area contributed by atoms with Gasteiger partial charge in [-0.2, -0.15) is 0 Å². The van der Waals surface area contributed by atoms with Crippen molar-refractivity contribution < 1.29 is 9.59 Å². The fourth-order valence-corrected chi connectivity index (χ4v) is 4.29. The van der Waals surface area contributed by atoms with Gasteiger partial charge in [0, 0.05) is 44.1 Å². The number of rotatable bonds is 8. The first-order valence-electron chi connectivity index (χ1n) is 11.1. The third kappa shape index (κ3) is 7.12. The predicted octanol–water partition coefficient (Wildman–Crippen LogP) is 4.27. The van der Waals surface area contributed by atoms with E-state index in [1.54, 1.807) is 30.3 Å². The Morgan fingerprint density at radius 2 is 1.48 bits per heavy atom. The lowest BCUT2D eigenvalue weighted by molar-refractivity contribution is -0.117. The lowest BCUT2D eigenvalue weighted by Crippen LogP contribution is -2.48. The van der Waals surface area contributed by atoms with Crippen molar-refractivity contribution in [2.24, 2.45) is 0 Å². The van der Waals surface area contributed by atoms with Gasteiger partial charge in [-0.3, -0.25) is 19.4 Å². The molecule has 0 radical (unpaired) electrons. The van der Waals surface area contributed by atoms with Gasteiger partial charge in [0.15, 0.2) is 0 Å². The Morgan fingerprint density at radius 3 is 2.15 bits per heavy atom. The second-order valence-corrected chi connectivity index (χ2v) is 8.89. The second kappa shape index (κ2) is 11.6. The number of thiophene rings is 1. The van der Waals surface area contributed by atoms with Crippen LogP contribution in [0.2, 0.25) is 0 Å². The van der Waals surface area contributed by atoms with Crippen LogP contribution in [0.1, 0.15) is 15.2 Å². The molecule has 2 aromatic carbocycles. The molecule has 1 saturated heterocycles. The molecule has 2 amide bonds. The number of carbonyl (C=O) groups is 2. The molecule has 1 aromatic heterocycles. The normalized spacial score (nSPS) is 14.9. The SMILES string of the molecule is O=C(CN1CCN(C/C=C/c2ccccc2)CC1)Nc1ccc(NC(=O)c2cccs2)cc1. The van der Waals surface area contributed by atoms with Gasteiger partial charge in [0.05, 0.1) is 11.4 Å². The first-order chi connectivity index (χ1) is 16.2. The monoisotopic (exact) mass is 460 g/mol. The summed E-state index contributed by atoms with van der Waals surface area (Å²) in [4.78, 5) is 29.8. The van der Waals surface area contributed by atoms with E-state index in [9.17, 15) is 9.59 Å². The third-order valence-electron chi connectivity index (χ3n) is 5.48. The molecule has 1 aliphatic rings. The number of hydrogen-bond donors (Lipinski definition) is 2. The maximum absolute atomic E-state index is 12.5. The van der Waals surface area contributed by atoms with Crippen molar-refractivity contribution in [1.82, 2.24) is 9.80 Å². The standard InChI is InChI=1S/C26H28N4O2S/c31-25(27-22-10-12-23(13-11-22)28-26(32)24-9-5-19-33-24)20-30-17-15-29(16-18-30)14-4-8-21-6-2-1-3-7-21/h1-13,19H,14-18,20H2,(H,27,31)(H,28,32)/b8-4+. The fraction of sp³-hybridized carbons (Fsp3) is 0.231. The average Bonchev–Trinajstić information content (AvgIpc) is 3.38. The van der Waals surface area contributed by atoms with Gasteiger partial charge < -0.3 is 10.6 Å². The van der Waals surface area contributed by atoms with Gasteiger partial charge >= 0.3 is 0 Å². The summed E-state index contributed by atoms with van der Waals surface area (Å²) in [5.41, 5.74) is 2.63. The average molecular weight is 461 g/mol. The molecule has 0 unspecified atom stereocenters. The molecule has 0 bridgehead atoms. The van der Waals surface area contributed by atoms with Gasteiger partial charge in [-0.15, -0.1) is 11.3 Å². The first kappa shape index (κ1) is 22.9. The number of piperazine rings is 1. The van der Waals surface area contributed by atoms with Crippen LogP contribution in [-0.2, 0) is 4.79 Å². The van der Waals surface area contributed by atoms with Crippen LogP contribution in [0.25, 0.3) is 6.08 Å². The smallest absolute Gasteiger partial charge is 0.265 e. The number of nitrogens with one attached hydrogen (secondary N) is 2. The number of nitrogens with zero attached hydrogens (tertiary/aromatic N) is 2. The van der Waals surface area contributed by atoms with Crippen molar-refractivity contribution >= 4 is 40.6 Å². The molecule has 2 N–H and O–H groups in total. The van der Waals surface area contributed by atoms with E-state index in [1.165, 1.54) is 16.9 Å². The molecule has 3 aromatic rings. The highest BCUT2D eigenvalue weighted by atomic mass is 32.1. The Balaban J connectivity index is 1.16. The molecule has 0 saturated carbocycles. The summed E-state index contributed by atoms with van der Waals surface area (Å²) >= 11 is 1.40. The molecule has 0 atom stereocenters. The highest BCUT2D eigenvalue weighted by Crippen LogP contribution is 2.16. The van der Waals surface area contributed by atoms with E-state index in [-0.39, 0.29) is 11.8 Å². The highest BCUT2D eigenvalue weighted by molar-refractivity contribution is 7.12. The van der Waals surface area contributed by atoms with Gasteiger partial charge in [-0.1, -0.05) is 48.6 Å². The van der Waals surface area contributed by atoms with Crippen molar-refractivity contribution in [2.75, 3.05) is 49.9 Å². The minimum Gasteiger partial charge on any atom is -0.325 e. The van der Waals surface area contributed by atoms with E-state index in [0.29, 0.717) is 17.1 Å². The van der Waals surface area contributed by atoms with Crippen LogP contribution in [0.15, 0.2) is 78.2 Å². The Labute approximate surface area is 198 Å². The quantitative estimate of drug-likeness (QED) is 0.527. The van der Waals surface area contributed by atoms with Crippen molar-refractivity contribution in [2.45, 2.75) is 0 Å². The third-order valence-corrected chi connectivity index (χ3v) is 6.35. The van der Waals surface area contributed by atoms with Crippen LogP contribution in [0.3, 0.4) is 0 Å². The summed E-state index contributed by atoms with van der Waals surface area (Å²) in [6, 6.07) is 21.1. The summed E-state index contributed by atoms with van der Waals surface area (Å²) in [6.45, 7) is 4.95. The van der Waals surface area contributed by atoms with Crippen molar-refractivity contribution in [3.8, 4) is 0 Å². The predicted molar refractivity (Wildman–Crippen MR) is 136 cm³/mol. The van der Waals surface area contributed by atoms with Crippen molar-refractivity contribution in [1.29, 1.82) is 0 Å². The number of hydrogen-bond acceptors (Lipinski definition) is 5. The molecule has 0 aliphatic carbocycles. The molecule has 2 heterocycles. The van der Waals surface area contributed by atoms with Gasteiger partial charge in [0.2, 0.25) is 5.91 Å². The maximum atomic E-state index is 12.5. The Bertz CT molecular complexity index is 1060. The molecular weight excluding hydrogens is 432 g/mol. The zero-order chi connectivity index (χ0) is 22.9. The van der Waals surface area contributed by atoms with Crippen LogP contribution >= 0.6 is 11.3 Å². The highest BCUT2D eigenvalue weighted by Gasteiger charge is 2.18. The minimum absolute atomic E-state index is 0.0252. The van der Waals surface area contributed by atoms with Crippen LogP contribution in [0, 0.1) is 0 Å². The van der Waals surface area contributed by atoms with E-state index < -0.39 is 0 Å². The molecule has 1 aliphatic heterocycles. The van der Waals surface area contributed by atoms with E-state index in [2.05, 4.69) is 44.7 Å². The van der Waals surface area contributed by atoms with Crippen LogP contribution in [-0.4, -0.2) is 60.9 Å². The second-order valence-electron chi connectivity index (χ2n) is 7.95. The topological polar surface area (TPSA) is 64.7 Å². The van der Waals surface area contributed by atoms with Crippen molar-refractivity contribution in [3.63, 3.8) is 0 Å². The molecule has 170 valence electrons. The number of anilines is 2. The van der Waals surface area contributed by atoms with E-state index >= 15 is 0 Å². The fourth-order valence-electron chi connectivity index (χ4n) is 3.67. The Kier molecular flexibility index (Phi) is 8.03. The summed E-state index contributed by atoms with van der Waals surface area (Å²) < 4.78 is 0. The summed E-state index contributed by atoms with van der Waals surface area (Å²) in [6.07, 6.45) is 4.35. The molecular formula is C26H28N4O2S. The lowest BCUT2D eigenvalue weighted by atomic mass is 10.2. The van der Waals surface area contributed by atoms with E-state index in [0.717, 1.165) is 38.4 Å². The maximum Gasteiger partial charge on any atom is 0.265 e. The minimum atomic E-state index is -0.128. The van der Waals surface area contributed by atoms with Gasteiger partial charge in [0.1, 0.15) is 0 Å². The van der Waals surface area contributed by atoms with Gasteiger partial charge in [-0.25, -0.2) is 0 Å². The molecule has 4 rings (SSSR count). The van der Waals surface area contributed by atoms with Crippen LogP contribution in [0.5, 0.6) is 0 Å². The lowest BCUT2D eigenvalue weighted by Gasteiger charge is -2.33. The molecule has 33 heavy (non-hydrogen) atoms. The number of carbonyl (C=O) groups excluding carboxylic acids is 2. The van der Waals surface area contributed by atoms with Gasteiger partial charge in [0.25, 0.3) is 5.91 Å². The summed E-state index contributed by atoms with van der Waals surface area (Å²) in [7, 11) is 0. The van der Waals surface area contributed by atoms with Crippen LogP contribution < -0.4 is 10.6 Å². The largest absolute Gasteiger partial charge is 0.325 e. The number of benzene rings is 2. The first-order valence-corrected chi connectivity index (χ1v) is 11.9. The van der Waals surface area contributed by atoms with E-state index in [1.807, 2.05) is 29.6 Å². The van der Waals surface area contributed by atoms with E-state index in [4.69, 9.17) is 0 Å². The van der Waals surface area contributed by atoms with Gasteiger partial charge in [-0.05, 0) is 41.3 Å². The molecule has 0 spiro atoms. The Morgan fingerprint density at radius 1 is 0.818 bits per heavy atom. The molecule has 7 heteroatoms. The summed E-state index contributed by atoms with van der Waals surface area (Å²) in [5.74, 6) is -0.153. The Hall–Kier alpha value is -3.26. The van der Waals surface area contributed by atoms with Crippen LogP contribution in [0.4, 0.5) is 11.4 Å². The molecule has 1 fully saturated rings. The number of amides is 2. The zero-order valence-electron chi connectivity index (χ0n) is 18.4. The summed E-state index contributed by atoms with van der Waals surface area (Å²) in [5, 5.41) is 7.68. The zero-order valence-corrected chi connectivity index (χ0v) is 19.3. The molecule has 6 nitrogen and oxygen atoms in total. The van der Waals surface area contributed by atoms with Crippen molar-refractivity contribution in [3.05, 3.63) is 88.6 Å².